The number of hydrogen-bond donors (Lipinski definition) is 1. The molecule has 2 aliphatic heterocycles. The van der Waals surface area contributed by atoms with E-state index in [0.717, 1.165) is 68.4 Å². The van der Waals surface area contributed by atoms with E-state index < -0.39 is 0 Å². The normalized spacial score (nSPS) is 21.1. The average molecular weight is 354 g/mol. The molecule has 2 aromatic rings. The second-order valence-corrected chi connectivity index (χ2v) is 7.12. The number of nitrogens with zero attached hydrogens (tertiary/aromatic N) is 3. The first-order valence-corrected chi connectivity index (χ1v) is 9.42. The number of benzene rings is 1. The number of piperidine rings is 1. The van der Waals surface area contributed by atoms with Crippen LogP contribution in [0.4, 0.5) is 5.82 Å². The van der Waals surface area contributed by atoms with Crippen molar-refractivity contribution in [1.29, 1.82) is 0 Å². The fourth-order valence-corrected chi connectivity index (χ4v) is 3.49. The number of hydrogen-bond acceptors (Lipinski definition) is 6. The highest BCUT2D eigenvalue weighted by Gasteiger charge is 2.20. The predicted octanol–water partition coefficient (Wildman–Crippen LogP) is 2.49. The second-order valence-electron chi connectivity index (χ2n) is 7.12. The van der Waals surface area contributed by atoms with Gasteiger partial charge in [-0.2, -0.15) is 0 Å². The van der Waals surface area contributed by atoms with E-state index in [0.29, 0.717) is 18.6 Å². The van der Waals surface area contributed by atoms with Crippen molar-refractivity contribution in [2.45, 2.75) is 25.3 Å². The molecular formula is C20H26N4O2. The lowest BCUT2D eigenvalue weighted by molar-refractivity contribution is 0.167. The van der Waals surface area contributed by atoms with Crippen molar-refractivity contribution in [3.63, 3.8) is 0 Å². The number of rotatable bonds is 5. The van der Waals surface area contributed by atoms with Crippen molar-refractivity contribution in [3.05, 3.63) is 36.7 Å². The van der Waals surface area contributed by atoms with E-state index in [9.17, 15) is 0 Å². The summed E-state index contributed by atoms with van der Waals surface area (Å²) in [6, 6.07) is 8.35. The van der Waals surface area contributed by atoms with Crippen LogP contribution >= 0.6 is 0 Å². The molecule has 0 bridgehead atoms. The van der Waals surface area contributed by atoms with E-state index in [1.165, 1.54) is 0 Å². The van der Waals surface area contributed by atoms with E-state index in [-0.39, 0.29) is 0 Å². The van der Waals surface area contributed by atoms with Crippen LogP contribution in [0.2, 0.25) is 0 Å². The molecule has 26 heavy (non-hydrogen) atoms. The van der Waals surface area contributed by atoms with Gasteiger partial charge in [0, 0.05) is 37.2 Å². The maximum atomic E-state index is 6.10. The van der Waals surface area contributed by atoms with Crippen molar-refractivity contribution < 1.29 is 9.47 Å². The quantitative estimate of drug-likeness (QED) is 0.889. The Morgan fingerprint density at radius 2 is 2.00 bits per heavy atom. The van der Waals surface area contributed by atoms with Gasteiger partial charge in [0.05, 0.1) is 31.3 Å². The Morgan fingerprint density at radius 1 is 1.15 bits per heavy atom. The van der Waals surface area contributed by atoms with Gasteiger partial charge in [-0.15, -0.1) is 0 Å². The summed E-state index contributed by atoms with van der Waals surface area (Å²) < 4.78 is 11.5. The van der Waals surface area contributed by atoms with Gasteiger partial charge in [0.2, 0.25) is 0 Å². The minimum atomic E-state index is 0.302. The van der Waals surface area contributed by atoms with Crippen molar-refractivity contribution in [2.24, 2.45) is 11.7 Å². The summed E-state index contributed by atoms with van der Waals surface area (Å²) in [5.41, 5.74) is 7.84. The SMILES string of the molecule is NC1CCN(c2cncc(-c3ccccc3OCC3CCOC3)n2)CC1. The Kier molecular flexibility index (Phi) is 5.32. The molecule has 0 amide bonds. The molecule has 2 aliphatic rings. The first-order valence-electron chi connectivity index (χ1n) is 9.42. The van der Waals surface area contributed by atoms with Crippen molar-refractivity contribution in [2.75, 3.05) is 37.8 Å². The summed E-state index contributed by atoms with van der Waals surface area (Å²) in [7, 11) is 0. The summed E-state index contributed by atoms with van der Waals surface area (Å²) in [5.74, 6) is 2.23. The van der Waals surface area contributed by atoms with Crippen molar-refractivity contribution in [3.8, 4) is 17.0 Å². The van der Waals surface area contributed by atoms with Gasteiger partial charge >= 0.3 is 0 Å². The minimum absolute atomic E-state index is 0.302. The van der Waals surface area contributed by atoms with Crippen LogP contribution in [-0.4, -0.2) is 48.9 Å². The van der Waals surface area contributed by atoms with Gasteiger partial charge in [-0.3, -0.25) is 4.98 Å². The zero-order valence-corrected chi connectivity index (χ0v) is 15.0. The summed E-state index contributed by atoms with van der Waals surface area (Å²) in [6.07, 6.45) is 6.69. The van der Waals surface area contributed by atoms with Gasteiger partial charge in [-0.1, -0.05) is 12.1 Å². The molecule has 0 spiro atoms. The molecular weight excluding hydrogens is 328 g/mol. The molecule has 0 aliphatic carbocycles. The largest absolute Gasteiger partial charge is 0.493 e. The zero-order valence-electron chi connectivity index (χ0n) is 15.0. The fraction of sp³-hybridized carbons (Fsp3) is 0.500. The number of aromatic nitrogens is 2. The molecule has 2 saturated heterocycles. The highest BCUT2D eigenvalue weighted by Crippen LogP contribution is 2.30. The van der Waals surface area contributed by atoms with Gasteiger partial charge in [-0.25, -0.2) is 4.98 Å². The highest BCUT2D eigenvalue weighted by molar-refractivity contribution is 5.67. The van der Waals surface area contributed by atoms with Gasteiger partial charge < -0.3 is 20.1 Å². The number of anilines is 1. The molecule has 2 N–H and O–H groups in total. The maximum absolute atomic E-state index is 6.10. The van der Waals surface area contributed by atoms with Crippen molar-refractivity contribution >= 4 is 5.82 Å². The van der Waals surface area contributed by atoms with E-state index in [2.05, 4.69) is 9.88 Å². The Hall–Kier alpha value is -2.18. The van der Waals surface area contributed by atoms with E-state index in [1.54, 1.807) is 6.20 Å². The Morgan fingerprint density at radius 3 is 2.81 bits per heavy atom. The second kappa shape index (κ2) is 8.01. The van der Waals surface area contributed by atoms with Gasteiger partial charge in [0.1, 0.15) is 11.6 Å². The zero-order chi connectivity index (χ0) is 17.8. The molecule has 1 unspecified atom stereocenters. The van der Waals surface area contributed by atoms with Crippen LogP contribution in [0.3, 0.4) is 0 Å². The monoisotopic (exact) mass is 354 g/mol. The molecule has 4 rings (SSSR count). The molecule has 1 aromatic heterocycles. The minimum Gasteiger partial charge on any atom is -0.493 e. The van der Waals surface area contributed by atoms with Gasteiger partial charge in [0.25, 0.3) is 0 Å². The molecule has 0 saturated carbocycles. The standard InChI is InChI=1S/C20H26N4O2/c21-16-5-8-24(9-6-16)20-12-22-11-18(23-20)17-3-1-2-4-19(17)26-14-15-7-10-25-13-15/h1-4,11-12,15-16H,5-10,13-14,21H2. The number of nitrogens with two attached hydrogens (primary N) is 1. The van der Waals surface area contributed by atoms with E-state index in [1.807, 2.05) is 30.5 Å². The predicted molar refractivity (Wildman–Crippen MR) is 101 cm³/mol. The Labute approximate surface area is 154 Å². The molecule has 0 radical (unpaired) electrons. The lowest BCUT2D eigenvalue weighted by atomic mass is 10.1. The van der Waals surface area contributed by atoms with E-state index in [4.69, 9.17) is 20.2 Å². The summed E-state index contributed by atoms with van der Waals surface area (Å²) >= 11 is 0. The Balaban J connectivity index is 1.52. The smallest absolute Gasteiger partial charge is 0.147 e. The molecule has 1 aromatic carbocycles. The molecule has 2 fully saturated rings. The summed E-state index contributed by atoms with van der Waals surface area (Å²) in [5, 5.41) is 0. The number of ether oxygens (including phenoxy) is 2. The van der Waals surface area contributed by atoms with Crippen LogP contribution in [0, 0.1) is 5.92 Å². The van der Waals surface area contributed by atoms with Crippen molar-refractivity contribution in [1.82, 2.24) is 9.97 Å². The lowest BCUT2D eigenvalue weighted by Gasteiger charge is -2.31. The third-order valence-corrected chi connectivity index (χ3v) is 5.15. The van der Waals surface area contributed by atoms with Crippen LogP contribution in [0.25, 0.3) is 11.3 Å². The average Bonchev–Trinajstić information content (AvgIpc) is 3.21. The fourth-order valence-electron chi connectivity index (χ4n) is 3.49. The van der Waals surface area contributed by atoms with Crippen LogP contribution in [0.15, 0.2) is 36.7 Å². The van der Waals surface area contributed by atoms with Crippen LogP contribution in [-0.2, 0) is 4.74 Å². The Bertz CT molecular complexity index is 725. The first kappa shape index (κ1) is 17.2. The van der Waals surface area contributed by atoms with E-state index >= 15 is 0 Å². The summed E-state index contributed by atoms with van der Waals surface area (Å²) in [4.78, 5) is 11.5. The third kappa shape index (κ3) is 3.97. The van der Waals surface area contributed by atoms with Crippen LogP contribution < -0.4 is 15.4 Å². The maximum Gasteiger partial charge on any atom is 0.147 e. The lowest BCUT2D eigenvalue weighted by Crippen LogP contribution is -2.40. The molecule has 6 heteroatoms. The third-order valence-electron chi connectivity index (χ3n) is 5.15. The van der Waals surface area contributed by atoms with Gasteiger partial charge in [0.15, 0.2) is 0 Å². The van der Waals surface area contributed by atoms with Gasteiger partial charge in [-0.05, 0) is 31.4 Å². The first-order chi connectivity index (χ1) is 12.8. The molecule has 1 atom stereocenters. The van der Waals surface area contributed by atoms with Crippen LogP contribution in [0.5, 0.6) is 5.75 Å². The topological polar surface area (TPSA) is 73.5 Å². The molecule has 3 heterocycles. The highest BCUT2D eigenvalue weighted by atomic mass is 16.5. The molecule has 138 valence electrons. The van der Waals surface area contributed by atoms with Crippen LogP contribution in [0.1, 0.15) is 19.3 Å². The molecule has 6 nitrogen and oxygen atoms in total. The number of para-hydroxylation sites is 1. The summed E-state index contributed by atoms with van der Waals surface area (Å²) in [6.45, 7) is 4.16.